The number of fused-ring (bicyclic) bond motifs is 2. The molecule has 5 nitrogen and oxygen atoms in total. The summed E-state index contributed by atoms with van der Waals surface area (Å²) in [5, 5.41) is 11.4. The van der Waals surface area contributed by atoms with Crippen LogP contribution in [0.3, 0.4) is 0 Å². The van der Waals surface area contributed by atoms with Gasteiger partial charge in [0.25, 0.3) is 0 Å². The topological polar surface area (TPSA) is 67.9 Å². The van der Waals surface area contributed by atoms with Gasteiger partial charge in [-0.05, 0) is 49.7 Å². The van der Waals surface area contributed by atoms with Gasteiger partial charge in [-0.3, -0.25) is 9.78 Å². The van der Waals surface area contributed by atoms with Crippen LogP contribution in [-0.2, 0) is 16.1 Å². The van der Waals surface area contributed by atoms with E-state index in [1.54, 1.807) is 6.07 Å². The van der Waals surface area contributed by atoms with Gasteiger partial charge in [0.15, 0.2) is 0 Å². The third-order valence-corrected chi connectivity index (χ3v) is 5.08. The summed E-state index contributed by atoms with van der Waals surface area (Å²) < 4.78 is 6.83. The number of hydrogen-bond acceptors (Lipinski definition) is 4. The fourth-order valence-corrected chi connectivity index (χ4v) is 3.80. The van der Waals surface area contributed by atoms with E-state index < -0.39 is 0 Å². The number of ether oxygens (including phenoxy) is 1. The molecule has 2 heterocycles. The molecule has 0 spiro atoms. The molecular formula is C23H19N3O2. The Balaban J connectivity index is 2.11. The Kier molecular flexibility index (Phi) is 4.32. The van der Waals surface area contributed by atoms with Gasteiger partial charge in [0, 0.05) is 33.2 Å². The summed E-state index contributed by atoms with van der Waals surface area (Å²) in [6.07, 6.45) is 0. The van der Waals surface area contributed by atoms with Crippen LogP contribution in [0.4, 0.5) is 0 Å². The molecule has 0 bridgehead atoms. The van der Waals surface area contributed by atoms with Gasteiger partial charge in [-0.15, -0.1) is 0 Å². The number of nitrogens with zero attached hydrogens (tertiary/aromatic N) is 3. The summed E-state index contributed by atoms with van der Waals surface area (Å²) in [5.41, 5.74) is 6.32. The van der Waals surface area contributed by atoms with E-state index in [2.05, 4.69) is 17.1 Å². The van der Waals surface area contributed by atoms with Crippen LogP contribution in [0.25, 0.3) is 32.9 Å². The highest BCUT2D eigenvalue weighted by atomic mass is 16.5. The number of rotatable bonds is 3. The van der Waals surface area contributed by atoms with Crippen molar-refractivity contribution in [3.8, 4) is 17.2 Å². The number of hydrogen-bond donors (Lipinski definition) is 0. The number of aryl methyl sites for hydroxylation is 1. The maximum atomic E-state index is 12.0. The molecule has 0 saturated heterocycles. The molecule has 0 aliphatic rings. The van der Waals surface area contributed by atoms with Gasteiger partial charge in [0.1, 0.15) is 6.54 Å². The lowest BCUT2D eigenvalue weighted by molar-refractivity contribution is -0.141. The lowest BCUT2D eigenvalue weighted by Crippen LogP contribution is -2.12. The van der Waals surface area contributed by atoms with E-state index >= 15 is 0 Å². The van der Waals surface area contributed by atoms with E-state index in [0.717, 1.165) is 44.3 Å². The summed E-state index contributed by atoms with van der Waals surface area (Å²) in [7, 11) is 1.39. The number of pyridine rings is 1. The summed E-state index contributed by atoms with van der Waals surface area (Å²) >= 11 is 0. The average molecular weight is 369 g/mol. The minimum Gasteiger partial charge on any atom is -0.468 e. The molecule has 4 rings (SSSR count). The summed E-state index contributed by atoms with van der Waals surface area (Å²) in [6.45, 7) is 4.08. The number of benzene rings is 2. The van der Waals surface area contributed by atoms with E-state index in [1.807, 2.05) is 54.8 Å². The first kappa shape index (κ1) is 17.7. The predicted octanol–water partition coefficient (Wildman–Crippen LogP) is 4.52. The van der Waals surface area contributed by atoms with Crippen molar-refractivity contribution in [2.24, 2.45) is 0 Å². The van der Waals surface area contributed by atoms with Crippen molar-refractivity contribution in [3.63, 3.8) is 0 Å². The largest absolute Gasteiger partial charge is 0.468 e. The van der Waals surface area contributed by atoms with Crippen molar-refractivity contribution in [2.75, 3.05) is 7.11 Å². The molecule has 0 radical (unpaired) electrons. The molecular weight excluding hydrogens is 350 g/mol. The Morgan fingerprint density at radius 3 is 2.68 bits per heavy atom. The van der Waals surface area contributed by atoms with Gasteiger partial charge in [-0.2, -0.15) is 5.26 Å². The number of para-hydroxylation sites is 1. The van der Waals surface area contributed by atoms with E-state index in [0.29, 0.717) is 5.56 Å². The van der Waals surface area contributed by atoms with Gasteiger partial charge in [-0.25, -0.2) is 0 Å². The average Bonchev–Trinajstić information content (AvgIpc) is 2.97. The van der Waals surface area contributed by atoms with Crippen LogP contribution in [0, 0.1) is 25.2 Å². The highest BCUT2D eigenvalue weighted by Gasteiger charge is 2.20. The maximum Gasteiger partial charge on any atom is 0.325 e. The maximum absolute atomic E-state index is 12.0. The zero-order chi connectivity index (χ0) is 19.8. The Bertz CT molecular complexity index is 1280. The summed E-state index contributed by atoms with van der Waals surface area (Å²) in [4.78, 5) is 16.6. The quantitative estimate of drug-likeness (QED) is 0.498. The Morgan fingerprint density at radius 2 is 1.93 bits per heavy atom. The predicted molar refractivity (Wildman–Crippen MR) is 109 cm³/mol. The first-order valence-corrected chi connectivity index (χ1v) is 9.00. The van der Waals surface area contributed by atoms with Crippen molar-refractivity contribution in [2.45, 2.75) is 20.4 Å². The third-order valence-electron chi connectivity index (χ3n) is 5.08. The monoisotopic (exact) mass is 369 g/mol. The number of esters is 1. The van der Waals surface area contributed by atoms with Crippen molar-refractivity contribution < 1.29 is 9.53 Å². The van der Waals surface area contributed by atoms with Crippen molar-refractivity contribution in [1.82, 2.24) is 9.55 Å². The molecule has 5 heteroatoms. The zero-order valence-corrected chi connectivity index (χ0v) is 16.0. The molecule has 0 saturated carbocycles. The van der Waals surface area contributed by atoms with Crippen molar-refractivity contribution in [3.05, 3.63) is 65.5 Å². The molecule has 2 aromatic heterocycles. The second-order valence-electron chi connectivity index (χ2n) is 6.79. The molecule has 0 unspecified atom stereocenters. The lowest BCUT2D eigenvalue weighted by atomic mass is 9.97. The zero-order valence-electron chi connectivity index (χ0n) is 16.0. The van der Waals surface area contributed by atoms with Crippen molar-refractivity contribution >= 4 is 27.8 Å². The molecule has 0 atom stereocenters. The minimum absolute atomic E-state index is 0.118. The molecule has 0 N–H and O–H groups in total. The van der Waals surface area contributed by atoms with Crippen LogP contribution < -0.4 is 0 Å². The van der Waals surface area contributed by atoms with Gasteiger partial charge in [0.05, 0.1) is 24.3 Å². The fraction of sp³-hybridized carbons (Fsp3) is 0.174. The second kappa shape index (κ2) is 6.82. The van der Waals surface area contributed by atoms with E-state index in [9.17, 15) is 10.1 Å². The number of carbonyl (C=O) groups excluding carboxylic acids is 1. The van der Waals surface area contributed by atoms with Crippen LogP contribution in [0.15, 0.2) is 48.5 Å². The first-order chi connectivity index (χ1) is 13.5. The molecule has 2 aromatic carbocycles. The standard InChI is InChI=1S/C23H19N3O2/c1-14-10-18(17-6-4-5-7-20(17)25-14)23-15(2)26(13-22(27)28-3)21-9-8-16(12-24)11-19(21)23/h4-11H,13H2,1-3H3. The fourth-order valence-electron chi connectivity index (χ4n) is 3.80. The summed E-state index contributed by atoms with van der Waals surface area (Å²) in [6, 6.07) is 17.8. The van der Waals surface area contributed by atoms with Crippen LogP contribution in [-0.4, -0.2) is 22.6 Å². The van der Waals surface area contributed by atoms with Gasteiger partial charge in [-0.1, -0.05) is 18.2 Å². The first-order valence-electron chi connectivity index (χ1n) is 9.00. The van der Waals surface area contributed by atoms with Gasteiger partial charge >= 0.3 is 5.97 Å². The molecule has 4 aromatic rings. The highest BCUT2D eigenvalue weighted by molar-refractivity contribution is 6.06. The number of carbonyl (C=O) groups is 1. The van der Waals surface area contributed by atoms with Gasteiger partial charge in [0.2, 0.25) is 0 Å². The molecule has 0 aliphatic heterocycles. The highest BCUT2D eigenvalue weighted by Crippen LogP contribution is 2.38. The molecule has 28 heavy (non-hydrogen) atoms. The minimum atomic E-state index is -0.313. The van der Waals surface area contributed by atoms with Crippen LogP contribution in [0.5, 0.6) is 0 Å². The van der Waals surface area contributed by atoms with E-state index in [-0.39, 0.29) is 12.5 Å². The summed E-state index contributed by atoms with van der Waals surface area (Å²) in [5.74, 6) is -0.313. The van der Waals surface area contributed by atoms with E-state index in [4.69, 9.17) is 4.74 Å². The number of nitriles is 1. The number of aromatic nitrogens is 2. The third kappa shape index (κ3) is 2.80. The molecule has 0 amide bonds. The van der Waals surface area contributed by atoms with Crippen LogP contribution in [0.1, 0.15) is 17.0 Å². The van der Waals surface area contributed by atoms with Crippen LogP contribution >= 0.6 is 0 Å². The van der Waals surface area contributed by atoms with Gasteiger partial charge < -0.3 is 9.30 Å². The molecule has 0 fully saturated rings. The number of methoxy groups -OCH3 is 1. The SMILES string of the molecule is COC(=O)Cn1c(C)c(-c2cc(C)nc3ccccc23)c2cc(C#N)ccc21. The molecule has 138 valence electrons. The van der Waals surface area contributed by atoms with Crippen LogP contribution in [0.2, 0.25) is 0 Å². The van der Waals surface area contributed by atoms with E-state index in [1.165, 1.54) is 7.11 Å². The smallest absolute Gasteiger partial charge is 0.325 e. The Morgan fingerprint density at radius 1 is 1.14 bits per heavy atom. The lowest BCUT2D eigenvalue weighted by Gasteiger charge is -2.10. The molecule has 0 aliphatic carbocycles. The second-order valence-corrected chi connectivity index (χ2v) is 6.79. The van der Waals surface area contributed by atoms with Crippen molar-refractivity contribution in [1.29, 1.82) is 5.26 Å². The Hall–Kier alpha value is -3.65. The normalized spacial score (nSPS) is 10.9. The Labute approximate surface area is 162 Å².